The minimum Gasteiger partial charge on any atom is -0.467 e. The lowest BCUT2D eigenvalue weighted by Crippen LogP contribution is -2.52. The maximum absolute atomic E-state index is 5.18. The number of aromatic nitrogens is 2. The van der Waals surface area contributed by atoms with E-state index in [1.165, 1.54) is 12.8 Å². The minimum atomic E-state index is 0.475. The molecule has 2 saturated heterocycles. The topological polar surface area (TPSA) is 41.5 Å². The predicted molar refractivity (Wildman–Crippen MR) is 70.1 cm³/mol. The molecule has 2 fully saturated rings. The molecule has 2 bridgehead atoms. The van der Waals surface area contributed by atoms with E-state index < -0.39 is 0 Å². The van der Waals surface area contributed by atoms with Gasteiger partial charge in [-0.25, -0.2) is 4.98 Å². The Morgan fingerprint density at radius 1 is 1.22 bits per heavy atom. The van der Waals surface area contributed by atoms with Crippen LogP contribution in [0, 0.1) is 6.92 Å². The predicted octanol–water partition coefficient (Wildman–Crippen LogP) is 1.08. The van der Waals surface area contributed by atoms with Gasteiger partial charge in [0, 0.05) is 36.9 Å². The first kappa shape index (κ1) is 11.7. The van der Waals surface area contributed by atoms with Crippen LogP contribution in [0.15, 0.2) is 6.07 Å². The summed E-state index contributed by atoms with van der Waals surface area (Å²) in [4.78, 5) is 13.7. The average molecular weight is 248 g/mol. The van der Waals surface area contributed by atoms with Gasteiger partial charge in [0.1, 0.15) is 5.82 Å². The van der Waals surface area contributed by atoms with Crippen molar-refractivity contribution in [3.8, 4) is 6.01 Å². The molecule has 2 aliphatic rings. The van der Waals surface area contributed by atoms with Gasteiger partial charge in [-0.3, -0.25) is 0 Å². The Kier molecular flexibility index (Phi) is 2.86. The van der Waals surface area contributed by atoms with Crippen molar-refractivity contribution < 1.29 is 4.74 Å². The maximum Gasteiger partial charge on any atom is 0.318 e. The van der Waals surface area contributed by atoms with Crippen molar-refractivity contribution in [3.63, 3.8) is 0 Å². The van der Waals surface area contributed by atoms with Crippen molar-refractivity contribution in [3.05, 3.63) is 11.8 Å². The molecule has 5 heteroatoms. The van der Waals surface area contributed by atoms with Crippen LogP contribution in [0.3, 0.4) is 0 Å². The van der Waals surface area contributed by atoms with Crippen molar-refractivity contribution in [1.82, 2.24) is 14.9 Å². The fourth-order valence-electron chi connectivity index (χ4n) is 3.24. The highest BCUT2D eigenvalue weighted by atomic mass is 16.5. The van der Waals surface area contributed by atoms with Gasteiger partial charge in [0.2, 0.25) is 0 Å². The quantitative estimate of drug-likeness (QED) is 0.783. The zero-order valence-electron chi connectivity index (χ0n) is 11.3. The maximum atomic E-state index is 5.18. The van der Waals surface area contributed by atoms with Gasteiger partial charge in [-0.1, -0.05) is 0 Å². The van der Waals surface area contributed by atoms with Crippen LogP contribution in [0.4, 0.5) is 5.82 Å². The lowest BCUT2D eigenvalue weighted by atomic mass is 10.2. The molecule has 1 aromatic rings. The summed E-state index contributed by atoms with van der Waals surface area (Å²) < 4.78 is 5.18. The molecule has 18 heavy (non-hydrogen) atoms. The molecule has 0 spiro atoms. The van der Waals surface area contributed by atoms with Crippen LogP contribution >= 0.6 is 0 Å². The fourth-order valence-corrected chi connectivity index (χ4v) is 3.24. The number of rotatable bonds is 2. The highest BCUT2D eigenvalue weighted by molar-refractivity contribution is 5.45. The van der Waals surface area contributed by atoms with E-state index in [1.807, 2.05) is 6.92 Å². The van der Waals surface area contributed by atoms with Gasteiger partial charge < -0.3 is 14.5 Å². The first-order valence-corrected chi connectivity index (χ1v) is 6.54. The number of hydrogen-bond donors (Lipinski definition) is 0. The van der Waals surface area contributed by atoms with Gasteiger partial charge >= 0.3 is 6.01 Å². The zero-order chi connectivity index (χ0) is 12.7. The molecular weight excluding hydrogens is 228 g/mol. The number of piperazine rings is 1. The summed E-state index contributed by atoms with van der Waals surface area (Å²) >= 11 is 0. The number of nitrogens with zero attached hydrogens (tertiary/aromatic N) is 4. The van der Waals surface area contributed by atoms with Gasteiger partial charge in [-0.15, -0.1) is 0 Å². The van der Waals surface area contributed by atoms with Crippen LogP contribution in [0.1, 0.15) is 18.5 Å². The molecule has 1 aromatic heterocycles. The third kappa shape index (κ3) is 1.92. The number of hydrogen-bond acceptors (Lipinski definition) is 5. The lowest BCUT2D eigenvalue weighted by molar-refractivity contribution is 0.263. The Labute approximate surface area is 108 Å². The SMILES string of the molecule is COc1nc(C)cc(N2[C@H]3CC[C@H]2CN(C)C3)n1. The van der Waals surface area contributed by atoms with E-state index in [4.69, 9.17) is 4.74 Å². The molecule has 2 atom stereocenters. The van der Waals surface area contributed by atoms with E-state index in [0.717, 1.165) is 24.6 Å². The molecule has 0 aromatic carbocycles. The van der Waals surface area contributed by atoms with Crippen molar-refractivity contribution >= 4 is 5.82 Å². The van der Waals surface area contributed by atoms with E-state index in [1.54, 1.807) is 7.11 Å². The zero-order valence-corrected chi connectivity index (χ0v) is 11.3. The molecule has 0 saturated carbocycles. The summed E-state index contributed by atoms with van der Waals surface area (Å²) in [7, 11) is 3.83. The number of likely N-dealkylation sites (tertiary alicyclic amines) is 1. The average Bonchev–Trinajstić information content (AvgIpc) is 2.61. The summed E-state index contributed by atoms with van der Waals surface area (Å²) in [5, 5.41) is 0. The van der Waals surface area contributed by atoms with Crippen LogP contribution in [0.2, 0.25) is 0 Å². The number of likely N-dealkylation sites (N-methyl/N-ethyl adjacent to an activating group) is 1. The monoisotopic (exact) mass is 248 g/mol. The Morgan fingerprint density at radius 2 is 1.89 bits per heavy atom. The highest BCUT2D eigenvalue weighted by Crippen LogP contribution is 2.34. The second-order valence-corrected chi connectivity index (χ2v) is 5.37. The molecule has 0 unspecified atom stereocenters. The molecule has 5 nitrogen and oxygen atoms in total. The van der Waals surface area contributed by atoms with Crippen LogP contribution in [0.5, 0.6) is 6.01 Å². The Bertz CT molecular complexity index is 437. The molecule has 0 amide bonds. The van der Waals surface area contributed by atoms with E-state index in [0.29, 0.717) is 18.1 Å². The Hall–Kier alpha value is -1.36. The molecule has 0 aliphatic carbocycles. The first-order valence-electron chi connectivity index (χ1n) is 6.54. The second-order valence-electron chi connectivity index (χ2n) is 5.37. The molecule has 0 radical (unpaired) electrons. The number of fused-ring (bicyclic) bond motifs is 2. The number of anilines is 1. The largest absolute Gasteiger partial charge is 0.467 e. The summed E-state index contributed by atoms with van der Waals surface area (Å²) in [5.74, 6) is 1.03. The fraction of sp³-hybridized carbons (Fsp3) is 0.692. The van der Waals surface area contributed by atoms with Crippen molar-refractivity contribution in [2.45, 2.75) is 31.8 Å². The third-order valence-electron chi connectivity index (χ3n) is 3.93. The highest BCUT2D eigenvalue weighted by Gasteiger charge is 2.39. The third-order valence-corrected chi connectivity index (χ3v) is 3.93. The van der Waals surface area contributed by atoms with E-state index in [-0.39, 0.29) is 0 Å². The van der Waals surface area contributed by atoms with Crippen molar-refractivity contribution in [1.29, 1.82) is 0 Å². The smallest absolute Gasteiger partial charge is 0.318 e. The van der Waals surface area contributed by atoms with Crippen LogP contribution in [0.25, 0.3) is 0 Å². The first-order chi connectivity index (χ1) is 8.67. The van der Waals surface area contributed by atoms with E-state index in [9.17, 15) is 0 Å². The molecule has 2 aliphatic heterocycles. The van der Waals surface area contributed by atoms with Crippen LogP contribution in [-0.4, -0.2) is 54.2 Å². The second kappa shape index (κ2) is 4.39. The van der Waals surface area contributed by atoms with E-state index in [2.05, 4.69) is 32.9 Å². The number of ether oxygens (including phenoxy) is 1. The summed E-state index contributed by atoms with van der Waals surface area (Å²) in [5.41, 5.74) is 0.968. The molecule has 0 N–H and O–H groups in total. The molecular formula is C13H20N4O. The van der Waals surface area contributed by atoms with E-state index >= 15 is 0 Å². The normalized spacial score (nSPS) is 27.6. The minimum absolute atomic E-state index is 0.475. The van der Waals surface area contributed by atoms with Gasteiger partial charge in [0.25, 0.3) is 0 Å². The van der Waals surface area contributed by atoms with Gasteiger partial charge in [-0.05, 0) is 26.8 Å². The number of aryl methyl sites for hydroxylation is 1. The van der Waals surface area contributed by atoms with Gasteiger partial charge in [0.05, 0.1) is 7.11 Å². The molecule has 3 rings (SSSR count). The summed E-state index contributed by atoms with van der Waals surface area (Å²) in [6.45, 7) is 4.25. The van der Waals surface area contributed by atoms with Gasteiger partial charge in [0.15, 0.2) is 0 Å². The van der Waals surface area contributed by atoms with Crippen molar-refractivity contribution in [2.75, 3.05) is 32.1 Å². The molecule has 3 heterocycles. The molecule has 98 valence electrons. The standard InChI is InChI=1S/C13H20N4O/c1-9-6-12(15-13(14-9)18-3)17-10-4-5-11(17)8-16(2)7-10/h6,10-11H,4-5,7-8H2,1-3H3/t10-,11-/m0/s1. The van der Waals surface area contributed by atoms with Crippen molar-refractivity contribution in [2.24, 2.45) is 0 Å². The summed E-state index contributed by atoms with van der Waals surface area (Å²) in [6, 6.07) is 3.72. The van der Waals surface area contributed by atoms with Crippen LogP contribution in [-0.2, 0) is 0 Å². The Balaban J connectivity index is 1.93. The van der Waals surface area contributed by atoms with Crippen LogP contribution < -0.4 is 9.64 Å². The number of methoxy groups -OCH3 is 1. The lowest BCUT2D eigenvalue weighted by Gasteiger charge is -2.40. The summed E-state index contributed by atoms with van der Waals surface area (Å²) in [6.07, 6.45) is 2.53. The van der Waals surface area contributed by atoms with Gasteiger partial charge in [-0.2, -0.15) is 4.98 Å². The Morgan fingerprint density at radius 3 is 2.50 bits per heavy atom.